The monoisotopic (exact) mass is 171 g/mol. The molecule has 0 unspecified atom stereocenters. The van der Waals surface area contributed by atoms with Crippen molar-refractivity contribution in [1.29, 1.82) is 0 Å². The molecule has 0 amide bonds. The maximum atomic E-state index is 5.46. The Bertz CT molecular complexity index is 61.4. The van der Waals surface area contributed by atoms with E-state index in [1.165, 1.54) is 38.5 Å². The summed E-state index contributed by atoms with van der Waals surface area (Å²) in [4.78, 5) is 0. The summed E-state index contributed by atoms with van der Waals surface area (Å²) in [7, 11) is 0. The zero-order valence-electron chi connectivity index (χ0n) is 8.64. The first-order valence-corrected chi connectivity index (χ1v) is 5.27. The Morgan fingerprint density at radius 3 is 2.42 bits per heavy atom. The fourth-order valence-corrected chi connectivity index (χ4v) is 1.12. The van der Waals surface area contributed by atoms with Gasteiger partial charge in [0.05, 0.1) is 0 Å². The highest BCUT2D eigenvalue weighted by atomic mass is 16.5. The molecule has 0 spiro atoms. The van der Waals surface area contributed by atoms with Gasteiger partial charge < -0.3 is 4.74 Å². The van der Waals surface area contributed by atoms with E-state index in [4.69, 9.17) is 4.74 Å². The van der Waals surface area contributed by atoms with Gasteiger partial charge in [-0.1, -0.05) is 33.1 Å². The van der Waals surface area contributed by atoms with Gasteiger partial charge in [0.1, 0.15) is 0 Å². The summed E-state index contributed by atoms with van der Waals surface area (Å²) >= 11 is 0. The summed E-state index contributed by atoms with van der Waals surface area (Å²) in [6.45, 7) is 6.24. The van der Waals surface area contributed by atoms with Crippen molar-refractivity contribution in [1.82, 2.24) is 0 Å². The molecule has 0 saturated carbocycles. The van der Waals surface area contributed by atoms with Crippen LogP contribution in [0.3, 0.4) is 0 Å². The average Bonchev–Trinajstić information content (AvgIpc) is 2.10. The fraction of sp³-hybridized carbons (Fsp3) is 0.909. The summed E-state index contributed by atoms with van der Waals surface area (Å²) in [5, 5.41) is 0. The third-order valence-corrected chi connectivity index (χ3v) is 1.92. The largest absolute Gasteiger partial charge is 0.381 e. The zero-order valence-corrected chi connectivity index (χ0v) is 8.64. The quantitative estimate of drug-likeness (QED) is 0.482. The average molecular weight is 171 g/mol. The van der Waals surface area contributed by atoms with E-state index in [-0.39, 0.29) is 0 Å². The molecule has 1 radical (unpaired) electrons. The lowest BCUT2D eigenvalue weighted by molar-refractivity contribution is 0.127. The van der Waals surface area contributed by atoms with Gasteiger partial charge in [-0.3, -0.25) is 0 Å². The third-order valence-electron chi connectivity index (χ3n) is 1.92. The van der Waals surface area contributed by atoms with Gasteiger partial charge in [0.25, 0.3) is 0 Å². The smallest absolute Gasteiger partial charge is 0.0466 e. The van der Waals surface area contributed by atoms with Crippen molar-refractivity contribution < 1.29 is 4.74 Å². The standard InChI is InChI=1S/C11H23O/c1-3-5-7-9-11-12-10-8-6-4-2/h4H,3,5-11H2,1-2H3. The van der Waals surface area contributed by atoms with Gasteiger partial charge in [-0.15, -0.1) is 0 Å². The second kappa shape index (κ2) is 11.0. The van der Waals surface area contributed by atoms with Gasteiger partial charge in [-0.05, 0) is 25.7 Å². The van der Waals surface area contributed by atoms with E-state index in [9.17, 15) is 0 Å². The lowest BCUT2D eigenvalue weighted by atomic mass is 10.2. The molecule has 12 heavy (non-hydrogen) atoms. The Morgan fingerprint density at radius 2 is 1.75 bits per heavy atom. The summed E-state index contributed by atoms with van der Waals surface area (Å²) < 4.78 is 5.46. The van der Waals surface area contributed by atoms with E-state index in [0.717, 1.165) is 13.2 Å². The Morgan fingerprint density at radius 1 is 1.00 bits per heavy atom. The van der Waals surface area contributed by atoms with Crippen molar-refractivity contribution in [2.24, 2.45) is 0 Å². The van der Waals surface area contributed by atoms with Gasteiger partial charge >= 0.3 is 0 Å². The molecule has 0 aliphatic heterocycles. The highest BCUT2D eigenvalue weighted by molar-refractivity contribution is 4.54. The second-order valence-corrected chi connectivity index (χ2v) is 3.22. The first-order chi connectivity index (χ1) is 5.91. The van der Waals surface area contributed by atoms with Gasteiger partial charge in [0.2, 0.25) is 0 Å². The van der Waals surface area contributed by atoms with Crippen LogP contribution >= 0.6 is 0 Å². The van der Waals surface area contributed by atoms with E-state index in [2.05, 4.69) is 20.3 Å². The molecule has 1 heteroatoms. The molecular formula is C11H23O. The van der Waals surface area contributed by atoms with Gasteiger partial charge in [-0.25, -0.2) is 0 Å². The second-order valence-electron chi connectivity index (χ2n) is 3.22. The van der Waals surface area contributed by atoms with E-state index >= 15 is 0 Å². The van der Waals surface area contributed by atoms with Crippen LogP contribution in [0.2, 0.25) is 0 Å². The van der Waals surface area contributed by atoms with E-state index in [1.807, 2.05) is 0 Å². The van der Waals surface area contributed by atoms with Crippen LogP contribution in [0.5, 0.6) is 0 Å². The van der Waals surface area contributed by atoms with Gasteiger partial charge in [0.15, 0.2) is 0 Å². The fourth-order valence-electron chi connectivity index (χ4n) is 1.12. The molecule has 0 aliphatic rings. The first kappa shape index (κ1) is 12.0. The summed E-state index contributed by atoms with van der Waals surface area (Å²) in [5.41, 5.74) is 0. The van der Waals surface area contributed by atoms with Crippen LogP contribution in [0.1, 0.15) is 52.4 Å². The Balaban J connectivity index is 2.73. The van der Waals surface area contributed by atoms with Crippen molar-refractivity contribution in [3.63, 3.8) is 0 Å². The molecular weight excluding hydrogens is 148 g/mol. The van der Waals surface area contributed by atoms with Gasteiger partial charge in [0, 0.05) is 13.2 Å². The zero-order chi connectivity index (χ0) is 9.07. The van der Waals surface area contributed by atoms with Crippen LogP contribution in [-0.4, -0.2) is 13.2 Å². The maximum Gasteiger partial charge on any atom is 0.0466 e. The van der Waals surface area contributed by atoms with Crippen LogP contribution in [0, 0.1) is 6.42 Å². The van der Waals surface area contributed by atoms with Gasteiger partial charge in [-0.2, -0.15) is 0 Å². The molecule has 0 fully saturated rings. The first-order valence-electron chi connectivity index (χ1n) is 5.27. The van der Waals surface area contributed by atoms with Crippen LogP contribution in [0.15, 0.2) is 0 Å². The number of ether oxygens (including phenoxy) is 1. The number of unbranched alkanes of at least 4 members (excludes halogenated alkanes) is 5. The number of rotatable bonds is 9. The molecule has 0 bridgehead atoms. The van der Waals surface area contributed by atoms with E-state index < -0.39 is 0 Å². The molecule has 0 saturated heterocycles. The minimum absolute atomic E-state index is 0.941. The SMILES string of the molecule is C[CH]CCCOCCCCCC. The molecule has 0 aromatic carbocycles. The number of hydrogen-bond acceptors (Lipinski definition) is 1. The van der Waals surface area contributed by atoms with Crippen molar-refractivity contribution in [3.05, 3.63) is 6.42 Å². The summed E-state index contributed by atoms with van der Waals surface area (Å²) in [5.74, 6) is 0. The Labute approximate surface area is 77.5 Å². The predicted octanol–water partition coefficient (Wildman–Crippen LogP) is 3.59. The van der Waals surface area contributed by atoms with Crippen LogP contribution < -0.4 is 0 Å². The lowest BCUT2D eigenvalue weighted by Crippen LogP contribution is -1.96. The van der Waals surface area contributed by atoms with Crippen LogP contribution in [-0.2, 0) is 4.74 Å². The summed E-state index contributed by atoms with van der Waals surface area (Å²) in [6.07, 6.45) is 9.80. The van der Waals surface area contributed by atoms with Crippen molar-refractivity contribution in [2.45, 2.75) is 52.4 Å². The molecule has 0 rings (SSSR count). The minimum atomic E-state index is 0.941. The van der Waals surface area contributed by atoms with Crippen molar-refractivity contribution in [3.8, 4) is 0 Å². The minimum Gasteiger partial charge on any atom is -0.381 e. The predicted molar refractivity (Wildman–Crippen MR) is 54.2 cm³/mol. The van der Waals surface area contributed by atoms with Crippen LogP contribution in [0.4, 0.5) is 0 Å². The summed E-state index contributed by atoms with van der Waals surface area (Å²) in [6, 6.07) is 0. The maximum absolute atomic E-state index is 5.46. The Hall–Kier alpha value is -0.0400. The molecule has 0 aliphatic carbocycles. The number of hydrogen-bond donors (Lipinski definition) is 0. The van der Waals surface area contributed by atoms with E-state index in [1.54, 1.807) is 0 Å². The molecule has 0 aromatic heterocycles. The molecule has 1 nitrogen and oxygen atoms in total. The van der Waals surface area contributed by atoms with Crippen molar-refractivity contribution >= 4 is 0 Å². The lowest BCUT2D eigenvalue weighted by Gasteiger charge is -2.02. The molecule has 0 heterocycles. The van der Waals surface area contributed by atoms with Crippen molar-refractivity contribution in [2.75, 3.05) is 13.2 Å². The molecule has 0 aromatic rings. The molecule has 0 N–H and O–H groups in total. The normalized spacial score (nSPS) is 10.5. The highest BCUT2D eigenvalue weighted by Crippen LogP contribution is 2.00. The Kier molecular flexibility index (Phi) is 10.9. The topological polar surface area (TPSA) is 9.23 Å². The molecule has 73 valence electrons. The third kappa shape index (κ3) is 9.96. The highest BCUT2D eigenvalue weighted by Gasteiger charge is 1.89. The van der Waals surface area contributed by atoms with Crippen LogP contribution in [0.25, 0.3) is 0 Å². The molecule has 0 atom stereocenters. The van der Waals surface area contributed by atoms with E-state index in [0.29, 0.717) is 0 Å².